The average Bonchev–Trinajstić information content (AvgIpc) is 3.17. The van der Waals surface area contributed by atoms with Crippen LogP contribution >= 0.6 is 0 Å². The van der Waals surface area contributed by atoms with Crippen LogP contribution < -0.4 is 5.32 Å². The van der Waals surface area contributed by atoms with Crippen LogP contribution in [-0.2, 0) is 12.0 Å². The third kappa shape index (κ3) is 7.12. The summed E-state index contributed by atoms with van der Waals surface area (Å²) in [6.07, 6.45) is 2.34. The van der Waals surface area contributed by atoms with Gasteiger partial charge in [0.1, 0.15) is 0 Å². The quantitative estimate of drug-likeness (QED) is 0.158. The fourth-order valence-corrected chi connectivity index (χ4v) is 6.80. The van der Waals surface area contributed by atoms with E-state index in [4.69, 9.17) is 0 Å². The Labute approximate surface area is 291 Å². The Morgan fingerprint density at radius 3 is 1.90 bits per heavy atom. The lowest BCUT2D eigenvalue weighted by atomic mass is 9.77. The van der Waals surface area contributed by atoms with Gasteiger partial charge in [-0.15, -0.1) is 0 Å². The second-order valence-corrected chi connectivity index (χ2v) is 13.5. The van der Waals surface area contributed by atoms with Gasteiger partial charge in [-0.25, -0.2) is 0 Å². The molecule has 1 atom stereocenters. The van der Waals surface area contributed by atoms with Gasteiger partial charge in [-0.2, -0.15) is 0 Å². The summed E-state index contributed by atoms with van der Waals surface area (Å²) in [6.45, 7) is 7.65. The van der Waals surface area contributed by atoms with Crippen LogP contribution in [0.4, 0.5) is 0 Å². The van der Waals surface area contributed by atoms with Crippen LogP contribution in [0.5, 0.6) is 0 Å². The largest absolute Gasteiger partial charge is 0.381 e. The van der Waals surface area contributed by atoms with E-state index >= 15 is 0 Å². The molecule has 7 rings (SSSR count). The summed E-state index contributed by atoms with van der Waals surface area (Å²) in [4.78, 5) is 0. The van der Waals surface area contributed by atoms with Gasteiger partial charge in [-0.3, -0.25) is 0 Å². The Kier molecular flexibility index (Phi) is 9.26. The SMILES string of the molecule is CC(/C=C(\NCc1ccc(C(C)(C)c2ccc(-c3cccc(-c4cccc5ccccc45)c3)cc2)cc1)c1ccccc1)c1ccccc1. The summed E-state index contributed by atoms with van der Waals surface area (Å²) in [5.41, 5.74) is 12.4. The molecule has 1 N–H and O–H groups in total. The first-order valence-corrected chi connectivity index (χ1v) is 17.3. The minimum absolute atomic E-state index is 0.129. The van der Waals surface area contributed by atoms with E-state index < -0.39 is 0 Å². The maximum absolute atomic E-state index is 3.75. The van der Waals surface area contributed by atoms with Crippen LogP contribution in [0.2, 0.25) is 0 Å². The molecule has 0 aliphatic carbocycles. The van der Waals surface area contributed by atoms with E-state index in [9.17, 15) is 0 Å². The lowest BCUT2D eigenvalue weighted by Crippen LogP contribution is -2.19. The predicted octanol–water partition coefficient (Wildman–Crippen LogP) is 12.4. The number of hydrogen-bond acceptors (Lipinski definition) is 1. The van der Waals surface area contributed by atoms with E-state index in [1.807, 2.05) is 0 Å². The molecule has 0 radical (unpaired) electrons. The number of fused-ring (bicyclic) bond motifs is 1. The van der Waals surface area contributed by atoms with Crippen LogP contribution in [0.25, 0.3) is 38.7 Å². The maximum Gasteiger partial charge on any atom is 0.0400 e. The average molecular weight is 634 g/mol. The second kappa shape index (κ2) is 14.2. The van der Waals surface area contributed by atoms with Gasteiger partial charge in [0.25, 0.3) is 0 Å². The van der Waals surface area contributed by atoms with Crippen molar-refractivity contribution in [3.8, 4) is 22.3 Å². The van der Waals surface area contributed by atoms with Crippen molar-refractivity contribution in [2.45, 2.75) is 38.6 Å². The van der Waals surface area contributed by atoms with Crippen molar-refractivity contribution < 1.29 is 0 Å². The third-order valence-electron chi connectivity index (χ3n) is 9.89. The predicted molar refractivity (Wildman–Crippen MR) is 210 cm³/mol. The van der Waals surface area contributed by atoms with Gasteiger partial charge in [-0.1, -0.05) is 197 Å². The molecule has 49 heavy (non-hydrogen) atoms. The topological polar surface area (TPSA) is 12.0 Å². The van der Waals surface area contributed by atoms with Crippen molar-refractivity contribution in [1.29, 1.82) is 0 Å². The highest BCUT2D eigenvalue weighted by Gasteiger charge is 2.23. The molecule has 0 aromatic heterocycles. The molecule has 1 unspecified atom stereocenters. The van der Waals surface area contributed by atoms with Crippen LogP contribution in [0.3, 0.4) is 0 Å². The molecule has 0 aliphatic rings. The molecular formula is C48H43N. The highest BCUT2D eigenvalue weighted by Crippen LogP contribution is 2.35. The molecule has 1 nitrogen and oxygen atoms in total. The Balaban J connectivity index is 1.06. The van der Waals surface area contributed by atoms with Crippen LogP contribution in [-0.4, -0.2) is 0 Å². The van der Waals surface area contributed by atoms with E-state index in [0.29, 0.717) is 5.92 Å². The Morgan fingerprint density at radius 1 is 0.571 bits per heavy atom. The first kappa shape index (κ1) is 31.9. The Hall–Kier alpha value is -5.66. The molecule has 240 valence electrons. The smallest absolute Gasteiger partial charge is 0.0400 e. The molecule has 0 spiro atoms. The molecule has 7 aromatic carbocycles. The standard InChI is InChI=1S/C48H43N/c1-35(37-14-6-4-7-15-37)32-47(40-17-8-5-9-18-40)49-34-36-24-28-43(29-25-36)48(2,3)44-30-26-38(27-31-44)41-20-12-21-42(33-41)46-23-13-19-39-16-10-11-22-45(39)46/h4-33,35,49H,34H2,1-3H3/b47-32-. The third-order valence-corrected chi connectivity index (χ3v) is 9.89. The van der Waals surface area contributed by atoms with Crippen molar-refractivity contribution >= 4 is 16.5 Å². The van der Waals surface area contributed by atoms with Crippen LogP contribution in [0.15, 0.2) is 182 Å². The normalized spacial score (nSPS) is 12.5. The maximum atomic E-state index is 3.75. The molecule has 0 saturated carbocycles. The summed E-state index contributed by atoms with van der Waals surface area (Å²) in [5, 5.41) is 6.30. The molecule has 0 fully saturated rings. The molecule has 1 heteroatoms. The second-order valence-electron chi connectivity index (χ2n) is 13.5. The van der Waals surface area contributed by atoms with Crippen molar-refractivity contribution in [2.75, 3.05) is 0 Å². The van der Waals surface area contributed by atoms with Crippen molar-refractivity contribution in [3.05, 3.63) is 210 Å². The lowest BCUT2D eigenvalue weighted by molar-refractivity contribution is 0.640. The van der Waals surface area contributed by atoms with E-state index in [2.05, 4.69) is 208 Å². The highest BCUT2D eigenvalue weighted by molar-refractivity contribution is 5.97. The zero-order valence-corrected chi connectivity index (χ0v) is 28.6. The van der Waals surface area contributed by atoms with Crippen molar-refractivity contribution in [2.24, 2.45) is 0 Å². The first-order chi connectivity index (χ1) is 24.0. The van der Waals surface area contributed by atoms with Crippen molar-refractivity contribution in [1.82, 2.24) is 5.32 Å². The Bertz CT molecular complexity index is 2170. The van der Waals surface area contributed by atoms with E-state index in [1.54, 1.807) is 0 Å². The first-order valence-electron chi connectivity index (χ1n) is 17.3. The van der Waals surface area contributed by atoms with Crippen LogP contribution in [0.1, 0.15) is 54.5 Å². The molecule has 0 amide bonds. The van der Waals surface area contributed by atoms with E-state index in [1.165, 1.54) is 60.8 Å². The molecule has 7 aromatic rings. The van der Waals surface area contributed by atoms with Gasteiger partial charge in [0.05, 0.1) is 0 Å². The number of rotatable bonds is 10. The lowest BCUT2D eigenvalue weighted by Gasteiger charge is -2.27. The van der Waals surface area contributed by atoms with Gasteiger partial charge in [0.2, 0.25) is 0 Å². The fourth-order valence-electron chi connectivity index (χ4n) is 6.80. The van der Waals surface area contributed by atoms with Gasteiger partial charge >= 0.3 is 0 Å². The van der Waals surface area contributed by atoms with Gasteiger partial charge in [0, 0.05) is 23.6 Å². The van der Waals surface area contributed by atoms with Gasteiger partial charge in [0.15, 0.2) is 0 Å². The highest BCUT2D eigenvalue weighted by atomic mass is 14.9. The molecule has 0 saturated heterocycles. The zero-order chi connectivity index (χ0) is 33.6. The molecule has 0 heterocycles. The molecule has 0 aliphatic heterocycles. The van der Waals surface area contributed by atoms with Crippen molar-refractivity contribution in [3.63, 3.8) is 0 Å². The fraction of sp³-hybridized carbons (Fsp3) is 0.125. The number of hydrogen-bond donors (Lipinski definition) is 1. The minimum Gasteiger partial charge on any atom is -0.381 e. The van der Waals surface area contributed by atoms with E-state index in [-0.39, 0.29) is 5.41 Å². The number of benzene rings is 7. The van der Waals surface area contributed by atoms with Gasteiger partial charge in [-0.05, 0) is 66.9 Å². The monoisotopic (exact) mass is 633 g/mol. The Morgan fingerprint density at radius 2 is 1.16 bits per heavy atom. The minimum atomic E-state index is -0.129. The van der Waals surface area contributed by atoms with Crippen LogP contribution in [0, 0.1) is 0 Å². The number of allylic oxidation sites excluding steroid dienone is 1. The summed E-state index contributed by atoms with van der Waals surface area (Å²) >= 11 is 0. The molecular weight excluding hydrogens is 591 g/mol. The zero-order valence-electron chi connectivity index (χ0n) is 28.6. The van der Waals surface area contributed by atoms with Gasteiger partial charge < -0.3 is 5.32 Å². The number of nitrogens with one attached hydrogen (secondary N) is 1. The summed E-state index contributed by atoms with van der Waals surface area (Å²) in [7, 11) is 0. The van der Waals surface area contributed by atoms with E-state index in [0.717, 1.165) is 12.2 Å². The molecule has 0 bridgehead atoms. The summed E-state index contributed by atoms with van der Waals surface area (Å²) < 4.78 is 0. The summed E-state index contributed by atoms with van der Waals surface area (Å²) in [6, 6.07) is 63.6. The summed E-state index contributed by atoms with van der Waals surface area (Å²) in [5.74, 6) is 0.298.